The summed E-state index contributed by atoms with van der Waals surface area (Å²) in [6.45, 7) is 4.13. The molecular weight excluding hydrogens is 376 g/mol. The van der Waals surface area contributed by atoms with Crippen molar-refractivity contribution in [2.45, 2.75) is 20.4 Å². The van der Waals surface area contributed by atoms with Crippen LogP contribution in [0.2, 0.25) is 5.02 Å². The fourth-order valence-electron chi connectivity index (χ4n) is 2.73. The van der Waals surface area contributed by atoms with E-state index in [0.29, 0.717) is 22.8 Å². The second-order valence-electron chi connectivity index (χ2n) is 6.37. The number of nitrogens with one attached hydrogen (secondary N) is 2. The molecule has 6 nitrogen and oxygen atoms in total. The van der Waals surface area contributed by atoms with E-state index in [9.17, 15) is 9.59 Å². The zero-order valence-corrected chi connectivity index (χ0v) is 16.2. The lowest BCUT2D eigenvalue weighted by molar-refractivity contribution is 0.0946. The van der Waals surface area contributed by atoms with E-state index >= 15 is 0 Å². The number of amides is 2. The maximum atomic E-state index is 12.6. The third-order valence-corrected chi connectivity index (χ3v) is 4.40. The highest BCUT2D eigenvalue weighted by atomic mass is 35.5. The first-order valence-electron chi connectivity index (χ1n) is 8.65. The number of anilines is 1. The Balaban J connectivity index is 1.72. The second kappa shape index (κ2) is 8.63. The Bertz CT molecular complexity index is 999. The molecule has 0 radical (unpaired) electrons. The minimum Gasteiger partial charge on any atom is -0.347 e. The summed E-state index contributed by atoms with van der Waals surface area (Å²) in [6, 6.07) is 10.4. The minimum atomic E-state index is -0.372. The van der Waals surface area contributed by atoms with Crippen LogP contribution < -0.4 is 10.6 Å². The monoisotopic (exact) mass is 394 g/mol. The van der Waals surface area contributed by atoms with Crippen LogP contribution in [-0.2, 0) is 6.54 Å². The number of aromatic nitrogens is 2. The molecule has 3 rings (SSSR count). The van der Waals surface area contributed by atoms with E-state index < -0.39 is 0 Å². The van der Waals surface area contributed by atoms with Gasteiger partial charge in [-0.3, -0.25) is 19.6 Å². The molecule has 1 aromatic carbocycles. The van der Waals surface area contributed by atoms with Gasteiger partial charge in [0.05, 0.1) is 10.7 Å². The molecule has 2 amide bonds. The Labute approximate surface area is 168 Å². The molecule has 0 bridgehead atoms. The number of hydrogen-bond donors (Lipinski definition) is 2. The van der Waals surface area contributed by atoms with Crippen LogP contribution in [0.3, 0.4) is 0 Å². The van der Waals surface area contributed by atoms with Crippen molar-refractivity contribution in [1.29, 1.82) is 0 Å². The van der Waals surface area contributed by atoms with E-state index in [1.807, 2.05) is 26.0 Å². The second-order valence-corrected chi connectivity index (χ2v) is 6.77. The molecule has 0 aliphatic heterocycles. The van der Waals surface area contributed by atoms with Crippen molar-refractivity contribution in [3.05, 3.63) is 88.0 Å². The Kier molecular flexibility index (Phi) is 6.01. The number of carbonyl (C=O) groups is 2. The molecule has 0 aliphatic carbocycles. The number of halogens is 1. The van der Waals surface area contributed by atoms with Crippen molar-refractivity contribution < 1.29 is 9.59 Å². The van der Waals surface area contributed by atoms with E-state index in [1.54, 1.807) is 30.6 Å². The molecule has 2 aromatic heterocycles. The SMILES string of the molecule is Cc1cc(C)c(NC(=O)c2ccnc(C(=O)NCc3cccnc3)c2)c(Cl)c1. The highest BCUT2D eigenvalue weighted by molar-refractivity contribution is 6.34. The molecule has 2 N–H and O–H groups in total. The first-order valence-corrected chi connectivity index (χ1v) is 9.03. The highest BCUT2D eigenvalue weighted by Crippen LogP contribution is 2.27. The summed E-state index contributed by atoms with van der Waals surface area (Å²) in [7, 11) is 0. The lowest BCUT2D eigenvalue weighted by atomic mass is 10.1. The smallest absolute Gasteiger partial charge is 0.270 e. The lowest BCUT2D eigenvalue weighted by Gasteiger charge is -2.12. The van der Waals surface area contributed by atoms with Crippen LogP contribution in [0.25, 0.3) is 0 Å². The van der Waals surface area contributed by atoms with Gasteiger partial charge < -0.3 is 10.6 Å². The molecule has 0 aliphatic rings. The number of aryl methyl sites for hydroxylation is 2. The van der Waals surface area contributed by atoms with Crippen molar-refractivity contribution in [2.24, 2.45) is 0 Å². The first-order chi connectivity index (χ1) is 13.4. The summed E-state index contributed by atoms with van der Waals surface area (Å²) >= 11 is 6.25. The van der Waals surface area contributed by atoms with Crippen LogP contribution >= 0.6 is 11.6 Å². The van der Waals surface area contributed by atoms with Gasteiger partial charge in [-0.2, -0.15) is 0 Å². The van der Waals surface area contributed by atoms with Crippen LogP contribution in [0.1, 0.15) is 37.5 Å². The van der Waals surface area contributed by atoms with Crippen LogP contribution in [-0.4, -0.2) is 21.8 Å². The van der Waals surface area contributed by atoms with Gasteiger partial charge in [-0.05, 0) is 54.8 Å². The van der Waals surface area contributed by atoms with E-state index in [4.69, 9.17) is 11.6 Å². The Morgan fingerprint density at radius 2 is 1.89 bits per heavy atom. The molecule has 3 aromatic rings. The molecule has 0 saturated carbocycles. The predicted octanol–water partition coefficient (Wildman–Crippen LogP) is 3.93. The first kappa shape index (κ1) is 19.5. The summed E-state index contributed by atoms with van der Waals surface area (Å²) < 4.78 is 0. The van der Waals surface area contributed by atoms with Gasteiger partial charge >= 0.3 is 0 Å². The fraction of sp³-hybridized carbons (Fsp3) is 0.143. The molecule has 142 valence electrons. The van der Waals surface area contributed by atoms with Gasteiger partial charge in [-0.1, -0.05) is 23.7 Å². The molecule has 0 fully saturated rings. The van der Waals surface area contributed by atoms with Crippen LogP contribution in [0.5, 0.6) is 0 Å². The lowest BCUT2D eigenvalue weighted by Crippen LogP contribution is -2.24. The van der Waals surface area contributed by atoms with Gasteiger partial charge in [-0.25, -0.2) is 0 Å². The molecule has 2 heterocycles. The Morgan fingerprint density at radius 1 is 1.07 bits per heavy atom. The molecule has 0 unspecified atom stereocenters. The third kappa shape index (κ3) is 4.72. The number of hydrogen-bond acceptors (Lipinski definition) is 4. The molecule has 0 atom stereocenters. The normalized spacial score (nSPS) is 10.4. The summed E-state index contributed by atoms with van der Waals surface area (Å²) in [5.41, 5.74) is 3.77. The van der Waals surface area contributed by atoms with Gasteiger partial charge in [0.15, 0.2) is 0 Å². The van der Waals surface area contributed by atoms with Gasteiger partial charge in [0.1, 0.15) is 5.69 Å². The largest absolute Gasteiger partial charge is 0.347 e. The quantitative estimate of drug-likeness (QED) is 0.686. The Morgan fingerprint density at radius 3 is 2.61 bits per heavy atom. The zero-order chi connectivity index (χ0) is 20.1. The van der Waals surface area contributed by atoms with Crippen molar-refractivity contribution >= 4 is 29.1 Å². The van der Waals surface area contributed by atoms with Crippen LogP contribution in [0.15, 0.2) is 55.0 Å². The minimum absolute atomic E-state index is 0.156. The summed E-state index contributed by atoms with van der Waals surface area (Å²) in [4.78, 5) is 33.0. The number of carbonyl (C=O) groups excluding carboxylic acids is 2. The van der Waals surface area contributed by atoms with E-state index in [2.05, 4.69) is 20.6 Å². The van der Waals surface area contributed by atoms with Crippen molar-refractivity contribution in [3.8, 4) is 0 Å². The highest BCUT2D eigenvalue weighted by Gasteiger charge is 2.14. The van der Waals surface area contributed by atoms with E-state index in [1.165, 1.54) is 12.3 Å². The number of pyridine rings is 2. The predicted molar refractivity (Wildman–Crippen MR) is 109 cm³/mol. The molecule has 28 heavy (non-hydrogen) atoms. The van der Waals surface area contributed by atoms with Gasteiger partial charge in [-0.15, -0.1) is 0 Å². The summed E-state index contributed by atoms with van der Waals surface area (Å²) in [6.07, 6.45) is 4.76. The molecule has 0 spiro atoms. The molecule has 7 heteroatoms. The molecule has 0 saturated heterocycles. The average Bonchev–Trinajstić information content (AvgIpc) is 2.69. The third-order valence-electron chi connectivity index (χ3n) is 4.10. The van der Waals surface area contributed by atoms with E-state index in [-0.39, 0.29) is 17.5 Å². The molecular formula is C21H19ClN4O2. The van der Waals surface area contributed by atoms with Gasteiger partial charge in [0.25, 0.3) is 11.8 Å². The topological polar surface area (TPSA) is 84.0 Å². The van der Waals surface area contributed by atoms with Crippen molar-refractivity contribution in [2.75, 3.05) is 5.32 Å². The van der Waals surface area contributed by atoms with Crippen LogP contribution in [0, 0.1) is 13.8 Å². The standard InChI is InChI=1S/C21H19ClN4O2/c1-13-8-14(2)19(17(22)9-13)26-20(27)16-5-7-24-18(10-16)21(28)25-12-15-4-3-6-23-11-15/h3-11H,12H2,1-2H3,(H,25,28)(H,26,27). The van der Waals surface area contributed by atoms with Gasteiger partial charge in [0.2, 0.25) is 0 Å². The Hall–Kier alpha value is -3.25. The summed E-state index contributed by atoms with van der Waals surface area (Å²) in [5, 5.41) is 6.04. The van der Waals surface area contributed by atoms with E-state index in [0.717, 1.165) is 16.7 Å². The number of rotatable bonds is 5. The van der Waals surface area contributed by atoms with Crippen molar-refractivity contribution in [1.82, 2.24) is 15.3 Å². The number of nitrogens with zero attached hydrogens (tertiary/aromatic N) is 2. The maximum absolute atomic E-state index is 12.6. The van der Waals surface area contributed by atoms with Crippen LogP contribution in [0.4, 0.5) is 5.69 Å². The van der Waals surface area contributed by atoms with Crippen molar-refractivity contribution in [3.63, 3.8) is 0 Å². The van der Waals surface area contributed by atoms with Gasteiger partial charge in [0, 0.05) is 30.7 Å². The zero-order valence-electron chi connectivity index (χ0n) is 15.5. The maximum Gasteiger partial charge on any atom is 0.270 e. The average molecular weight is 395 g/mol. The number of benzene rings is 1. The fourth-order valence-corrected chi connectivity index (χ4v) is 3.10. The summed E-state index contributed by atoms with van der Waals surface area (Å²) in [5.74, 6) is -0.736.